The van der Waals surface area contributed by atoms with E-state index in [-0.39, 0.29) is 12.0 Å². The van der Waals surface area contributed by atoms with Crippen LogP contribution in [0.15, 0.2) is 0 Å². The highest BCUT2D eigenvalue weighted by molar-refractivity contribution is 5.82. The number of amides is 2. The van der Waals surface area contributed by atoms with E-state index in [0.717, 1.165) is 45.3 Å². The van der Waals surface area contributed by atoms with Crippen LogP contribution in [0.3, 0.4) is 0 Å². The minimum Gasteiger partial charge on any atom is -0.450 e. The summed E-state index contributed by atoms with van der Waals surface area (Å²) >= 11 is 0. The van der Waals surface area contributed by atoms with E-state index in [4.69, 9.17) is 4.74 Å². The fraction of sp³-hybridized carbons (Fsp3) is 0.895. The summed E-state index contributed by atoms with van der Waals surface area (Å²) < 4.78 is 5.25. The molecule has 1 aliphatic carbocycles. The third-order valence-electron chi connectivity index (χ3n) is 7.06. The number of hydrogen-bond donors (Lipinski definition) is 0. The van der Waals surface area contributed by atoms with Gasteiger partial charge in [-0.15, -0.1) is 0 Å². The van der Waals surface area contributed by atoms with Crippen molar-refractivity contribution in [2.75, 3.05) is 33.3 Å². The van der Waals surface area contributed by atoms with Crippen LogP contribution in [-0.4, -0.2) is 78.1 Å². The summed E-state index contributed by atoms with van der Waals surface area (Å²) in [4.78, 5) is 31.1. The maximum atomic E-state index is 12.4. The zero-order valence-electron chi connectivity index (χ0n) is 15.7. The van der Waals surface area contributed by atoms with E-state index in [2.05, 4.69) is 4.90 Å². The normalized spacial score (nSPS) is 39.2. The predicted octanol–water partition coefficient (Wildman–Crippen LogP) is 1.79. The quantitative estimate of drug-likeness (QED) is 0.777. The Kier molecular flexibility index (Phi) is 4.42. The summed E-state index contributed by atoms with van der Waals surface area (Å²) in [6.45, 7) is 7.31. The average molecular weight is 349 g/mol. The molecule has 0 aromatic carbocycles. The number of carbonyl (C=O) groups excluding carboxylic acids is 2. The molecule has 0 aromatic heterocycles. The fourth-order valence-electron chi connectivity index (χ4n) is 5.58. The molecule has 5 atom stereocenters. The number of fused-ring (bicyclic) bond motifs is 3. The van der Waals surface area contributed by atoms with E-state index in [9.17, 15) is 9.59 Å². The molecule has 4 fully saturated rings. The van der Waals surface area contributed by atoms with E-state index in [1.54, 1.807) is 0 Å². The first kappa shape index (κ1) is 17.1. The lowest BCUT2D eigenvalue weighted by Crippen LogP contribution is -2.52. The van der Waals surface area contributed by atoms with Crippen molar-refractivity contribution in [2.24, 2.45) is 17.8 Å². The molecule has 0 radical (unpaired) electrons. The highest BCUT2D eigenvalue weighted by Crippen LogP contribution is 2.54. The van der Waals surface area contributed by atoms with E-state index < -0.39 is 0 Å². The van der Waals surface area contributed by atoms with Gasteiger partial charge in [-0.3, -0.25) is 9.69 Å². The van der Waals surface area contributed by atoms with Crippen LogP contribution in [0.5, 0.6) is 0 Å². The van der Waals surface area contributed by atoms with Gasteiger partial charge in [-0.2, -0.15) is 0 Å². The van der Waals surface area contributed by atoms with Crippen LogP contribution >= 0.6 is 0 Å². The summed E-state index contributed by atoms with van der Waals surface area (Å²) in [5.74, 6) is 1.76. The molecule has 4 aliphatic rings. The number of rotatable bonds is 4. The van der Waals surface area contributed by atoms with Crippen LogP contribution in [0.2, 0.25) is 0 Å². The summed E-state index contributed by atoms with van der Waals surface area (Å²) in [7, 11) is 1.91. The van der Waals surface area contributed by atoms with Crippen molar-refractivity contribution < 1.29 is 14.3 Å². The van der Waals surface area contributed by atoms with Gasteiger partial charge >= 0.3 is 6.09 Å². The van der Waals surface area contributed by atoms with Crippen LogP contribution in [0, 0.1) is 17.8 Å². The first-order valence-electron chi connectivity index (χ1n) is 9.99. The van der Waals surface area contributed by atoms with Crippen molar-refractivity contribution in [3.05, 3.63) is 0 Å². The third-order valence-corrected chi connectivity index (χ3v) is 7.06. The van der Waals surface area contributed by atoms with Gasteiger partial charge in [0.05, 0.1) is 6.61 Å². The second-order valence-corrected chi connectivity index (χ2v) is 8.28. The van der Waals surface area contributed by atoms with E-state index in [1.807, 2.05) is 30.7 Å². The largest absolute Gasteiger partial charge is 0.450 e. The van der Waals surface area contributed by atoms with Gasteiger partial charge in [-0.25, -0.2) is 4.79 Å². The van der Waals surface area contributed by atoms with Gasteiger partial charge in [0.25, 0.3) is 0 Å². The van der Waals surface area contributed by atoms with Crippen LogP contribution in [0.1, 0.15) is 39.5 Å². The summed E-state index contributed by atoms with van der Waals surface area (Å²) in [6.07, 6.45) is 4.25. The molecule has 25 heavy (non-hydrogen) atoms. The number of likely N-dealkylation sites (tertiary alicyclic amines) is 1. The Bertz CT molecular complexity index is 528. The second-order valence-electron chi connectivity index (χ2n) is 8.28. The van der Waals surface area contributed by atoms with Crippen molar-refractivity contribution in [3.8, 4) is 0 Å². The topological polar surface area (TPSA) is 53.1 Å². The Hall–Kier alpha value is -1.30. The highest BCUT2D eigenvalue weighted by Gasteiger charge is 2.61. The zero-order valence-corrected chi connectivity index (χ0v) is 15.7. The molecule has 2 amide bonds. The lowest BCUT2D eigenvalue weighted by molar-refractivity contribution is -0.132. The molecule has 6 nitrogen and oxygen atoms in total. The molecule has 0 spiro atoms. The minimum absolute atomic E-state index is 0.119. The molecule has 3 aliphatic heterocycles. The van der Waals surface area contributed by atoms with Crippen molar-refractivity contribution in [1.29, 1.82) is 0 Å². The molecule has 6 heteroatoms. The maximum Gasteiger partial charge on any atom is 0.410 e. The lowest BCUT2D eigenvalue weighted by Gasteiger charge is -2.42. The molecule has 3 saturated heterocycles. The van der Waals surface area contributed by atoms with Gasteiger partial charge in [0, 0.05) is 50.7 Å². The summed E-state index contributed by atoms with van der Waals surface area (Å²) in [5.41, 5.74) is 0. The Morgan fingerprint density at radius 3 is 2.16 bits per heavy atom. The van der Waals surface area contributed by atoms with E-state index in [1.165, 1.54) is 0 Å². The smallest absolute Gasteiger partial charge is 0.410 e. The molecule has 3 unspecified atom stereocenters. The molecular formula is C19H31N3O3. The number of carbonyl (C=O) groups is 2. The molecule has 0 N–H and O–H groups in total. The zero-order chi connectivity index (χ0) is 17.7. The van der Waals surface area contributed by atoms with Crippen LogP contribution in [0.4, 0.5) is 4.79 Å². The molecule has 4 rings (SSSR count). The van der Waals surface area contributed by atoms with E-state index >= 15 is 0 Å². The van der Waals surface area contributed by atoms with E-state index in [0.29, 0.717) is 42.5 Å². The predicted molar refractivity (Wildman–Crippen MR) is 94.0 cm³/mol. The highest BCUT2D eigenvalue weighted by atomic mass is 16.6. The Balaban J connectivity index is 1.32. The summed E-state index contributed by atoms with van der Waals surface area (Å²) in [5, 5.41) is 0. The van der Waals surface area contributed by atoms with Gasteiger partial charge in [-0.05, 0) is 51.4 Å². The number of nitrogens with zero attached hydrogens (tertiary/aromatic N) is 3. The monoisotopic (exact) mass is 349 g/mol. The molecule has 3 heterocycles. The number of piperidine rings is 2. The van der Waals surface area contributed by atoms with Gasteiger partial charge in [0.15, 0.2) is 0 Å². The van der Waals surface area contributed by atoms with Gasteiger partial charge < -0.3 is 14.5 Å². The van der Waals surface area contributed by atoms with Gasteiger partial charge in [0.2, 0.25) is 5.91 Å². The van der Waals surface area contributed by atoms with Gasteiger partial charge in [-0.1, -0.05) is 0 Å². The van der Waals surface area contributed by atoms with Crippen molar-refractivity contribution >= 4 is 12.0 Å². The molecule has 1 saturated carbocycles. The number of hydrogen-bond acceptors (Lipinski definition) is 4. The van der Waals surface area contributed by atoms with Crippen molar-refractivity contribution in [3.63, 3.8) is 0 Å². The minimum atomic E-state index is -0.119. The van der Waals surface area contributed by atoms with Gasteiger partial charge in [0.1, 0.15) is 0 Å². The summed E-state index contributed by atoms with van der Waals surface area (Å²) in [6, 6.07) is 1.28. The SMILES string of the molecule is CCOC(=O)N1C2CCC1CC(N1C[C@@H]3C(C(=O)N(C)CC)[C@@H]3C1)C2. The molecule has 140 valence electrons. The molecular weight excluding hydrogens is 318 g/mol. The Morgan fingerprint density at radius 1 is 1.04 bits per heavy atom. The fourth-order valence-corrected chi connectivity index (χ4v) is 5.58. The van der Waals surface area contributed by atoms with Crippen LogP contribution in [-0.2, 0) is 9.53 Å². The average Bonchev–Trinajstić information content (AvgIpc) is 2.96. The Morgan fingerprint density at radius 2 is 1.64 bits per heavy atom. The first-order valence-corrected chi connectivity index (χ1v) is 9.99. The molecule has 0 aromatic rings. The lowest BCUT2D eigenvalue weighted by atomic mass is 9.96. The molecule has 2 bridgehead atoms. The van der Waals surface area contributed by atoms with Crippen molar-refractivity contribution in [2.45, 2.75) is 57.7 Å². The van der Waals surface area contributed by atoms with Crippen LogP contribution < -0.4 is 0 Å². The van der Waals surface area contributed by atoms with Crippen LogP contribution in [0.25, 0.3) is 0 Å². The first-order chi connectivity index (χ1) is 12.0. The standard InChI is InChI=1S/C19H31N3O3/c1-4-20(3)18(23)17-15-10-21(11-16(15)17)14-8-12-6-7-13(9-14)22(12)19(24)25-5-2/h12-17H,4-11H2,1-3H3/t12?,13?,14?,15-,16+,17?. The maximum absolute atomic E-state index is 12.4. The Labute approximate surface area is 150 Å². The number of ether oxygens (including phenoxy) is 1. The second kappa shape index (κ2) is 6.45. The third kappa shape index (κ3) is 2.82. The van der Waals surface area contributed by atoms with Crippen molar-refractivity contribution in [1.82, 2.24) is 14.7 Å².